The summed E-state index contributed by atoms with van der Waals surface area (Å²) < 4.78 is 71.5. The molecule has 47 heavy (non-hydrogen) atoms. The third-order valence-corrected chi connectivity index (χ3v) is 10.1. The Morgan fingerprint density at radius 1 is 0.809 bits per heavy atom. The van der Waals surface area contributed by atoms with E-state index in [9.17, 15) is 50.8 Å². The molecule has 0 heterocycles. The zero-order chi connectivity index (χ0) is 34.2. The van der Waals surface area contributed by atoms with E-state index < -0.39 is 61.7 Å². The van der Waals surface area contributed by atoms with E-state index in [1.54, 1.807) is 0 Å². The van der Waals surface area contributed by atoms with Crippen LogP contribution in [0.25, 0.3) is 49.2 Å². The Labute approximate surface area is 267 Å². The monoisotopic (exact) mass is 685 g/mol. The second-order valence-electron chi connectivity index (χ2n) is 11.8. The minimum absolute atomic E-state index is 0.00390. The van der Waals surface area contributed by atoms with Crippen molar-refractivity contribution in [2.24, 2.45) is 0 Å². The number of benzene rings is 5. The van der Waals surface area contributed by atoms with Gasteiger partial charge in [-0.05, 0) is 88.5 Å². The molecule has 0 fully saturated rings. The van der Waals surface area contributed by atoms with Crippen molar-refractivity contribution in [3.63, 3.8) is 0 Å². The van der Waals surface area contributed by atoms with Crippen molar-refractivity contribution in [2.45, 2.75) is 45.8 Å². The lowest BCUT2D eigenvalue weighted by Crippen LogP contribution is -2.18. The van der Waals surface area contributed by atoms with Crippen molar-refractivity contribution < 1.29 is 46.0 Å². The number of rotatable bonds is 11. The number of aliphatic hydroxyl groups is 2. The largest absolute Gasteiger partial charge is 0.504 e. The van der Waals surface area contributed by atoms with Gasteiger partial charge in [-0.3, -0.25) is 18.7 Å². The second-order valence-corrected chi connectivity index (χ2v) is 14.8. The first-order valence-corrected chi connectivity index (χ1v) is 17.8. The fourth-order valence-electron chi connectivity index (χ4n) is 7.18. The van der Waals surface area contributed by atoms with Crippen molar-refractivity contribution in [3.8, 4) is 11.5 Å². The average molecular weight is 686 g/mol. The molecule has 248 valence electrons. The molecule has 5 aromatic carbocycles. The molecule has 6 N–H and O–H groups in total. The lowest BCUT2D eigenvalue weighted by atomic mass is 9.80. The Balaban J connectivity index is 1.95. The highest BCUT2D eigenvalue weighted by molar-refractivity contribution is 7.86. The number of ether oxygens (including phenoxy) is 1. The number of phenolic OH excluding ortho intramolecular Hbond substituents is 1. The van der Waals surface area contributed by atoms with Crippen LogP contribution in [0, 0.1) is 0 Å². The molecule has 5 aromatic rings. The Bertz CT molecular complexity index is 2510. The minimum atomic E-state index is -4.62. The van der Waals surface area contributed by atoms with E-state index in [0.717, 1.165) is 5.57 Å². The number of unbranched alkanes of at least 4 members (excludes halogenated alkanes) is 1. The molecular formula is C32H31NO12S2. The minimum Gasteiger partial charge on any atom is -0.504 e. The van der Waals surface area contributed by atoms with Gasteiger partial charge in [0.1, 0.15) is 5.88 Å². The number of hydrogen-bond donors (Lipinski definition) is 6. The first-order valence-electron chi connectivity index (χ1n) is 14.6. The van der Waals surface area contributed by atoms with Gasteiger partial charge in [-0.15, -0.1) is 0 Å². The third-order valence-electron chi connectivity index (χ3n) is 8.82. The van der Waals surface area contributed by atoms with Gasteiger partial charge in [0.15, 0.2) is 22.4 Å². The van der Waals surface area contributed by atoms with Gasteiger partial charge in [-0.1, -0.05) is 11.6 Å². The molecule has 0 radical (unpaired) electrons. The molecule has 0 spiro atoms. The zero-order valence-corrected chi connectivity index (χ0v) is 26.9. The summed E-state index contributed by atoms with van der Waals surface area (Å²) in [6, 6.07) is 2.35. The normalized spacial score (nSPS) is 13.7. The zero-order valence-electron chi connectivity index (χ0n) is 25.3. The smallest absolute Gasteiger partial charge is 0.283 e. The van der Waals surface area contributed by atoms with Crippen LogP contribution in [0.1, 0.15) is 47.6 Å². The van der Waals surface area contributed by atoms with Crippen molar-refractivity contribution in [1.82, 2.24) is 0 Å². The Morgan fingerprint density at radius 2 is 1.40 bits per heavy atom. The molecule has 0 saturated carbocycles. The topological polar surface area (TPSA) is 225 Å². The van der Waals surface area contributed by atoms with Gasteiger partial charge < -0.3 is 25.4 Å². The van der Waals surface area contributed by atoms with Crippen LogP contribution in [-0.4, -0.2) is 60.0 Å². The SMILES string of the molecule is COc1c(O)c2c(=O)cc(CO)c3c4c(CO)cc(=O)c5c(NCS(=O)(=O)O)c(CCCCS(=O)(=O)O)c6c(c(c1CC(C)=C6)c23)c54. The lowest BCUT2D eigenvalue weighted by Gasteiger charge is -2.25. The predicted octanol–water partition coefficient (Wildman–Crippen LogP) is 3.02. The van der Waals surface area contributed by atoms with Crippen LogP contribution in [-0.2, 0) is 46.3 Å². The third kappa shape index (κ3) is 5.32. The van der Waals surface area contributed by atoms with Crippen molar-refractivity contribution >= 4 is 75.1 Å². The summed E-state index contributed by atoms with van der Waals surface area (Å²) in [4.78, 5) is 27.6. The molecule has 1 aliphatic rings. The first kappa shape index (κ1) is 32.8. The van der Waals surface area contributed by atoms with Crippen LogP contribution in [0.5, 0.6) is 11.5 Å². The summed E-state index contributed by atoms with van der Waals surface area (Å²) in [5.41, 5.74) is 1.33. The fraction of sp³-hybridized carbons (Fsp3) is 0.312. The number of nitrogens with one attached hydrogen (secondary N) is 1. The van der Waals surface area contributed by atoms with E-state index in [-0.39, 0.29) is 69.8 Å². The summed E-state index contributed by atoms with van der Waals surface area (Å²) >= 11 is 0. The molecule has 1 aliphatic carbocycles. The predicted molar refractivity (Wildman–Crippen MR) is 178 cm³/mol. The van der Waals surface area contributed by atoms with E-state index in [1.165, 1.54) is 19.2 Å². The number of anilines is 1. The summed E-state index contributed by atoms with van der Waals surface area (Å²) in [6.45, 7) is 0.584. The van der Waals surface area contributed by atoms with E-state index in [2.05, 4.69) is 5.32 Å². The van der Waals surface area contributed by atoms with Gasteiger partial charge in [-0.2, -0.15) is 16.8 Å². The molecule has 15 heteroatoms. The Hall–Kier alpha value is -4.12. The van der Waals surface area contributed by atoms with E-state index in [0.29, 0.717) is 38.2 Å². The molecule has 0 atom stereocenters. The maximum atomic E-state index is 14.0. The molecule has 0 amide bonds. The fourth-order valence-corrected chi connectivity index (χ4v) is 8.08. The van der Waals surface area contributed by atoms with Gasteiger partial charge in [0.25, 0.3) is 20.2 Å². The molecule has 13 nitrogen and oxygen atoms in total. The maximum absolute atomic E-state index is 14.0. The summed E-state index contributed by atoms with van der Waals surface area (Å²) in [5.74, 6) is -1.88. The highest BCUT2D eigenvalue weighted by Crippen LogP contribution is 2.53. The average Bonchev–Trinajstić information content (AvgIpc) is 3.13. The molecule has 6 rings (SSSR count). The number of aromatic hydroxyl groups is 1. The van der Waals surface area contributed by atoms with Crippen LogP contribution in [0.4, 0.5) is 5.69 Å². The van der Waals surface area contributed by atoms with Crippen molar-refractivity contribution in [2.75, 3.05) is 24.1 Å². The highest BCUT2D eigenvalue weighted by Gasteiger charge is 2.32. The molecule has 0 saturated heterocycles. The molecule has 0 aromatic heterocycles. The highest BCUT2D eigenvalue weighted by atomic mass is 32.2. The van der Waals surface area contributed by atoms with Gasteiger partial charge in [0.05, 0.1) is 42.5 Å². The number of aliphatic hydroxyl groups excluding tert-OH is 2. The first-order chi connectivity index (χ1) is 22.1. The van der Waals surface area contributed by atoms with E-state index in [4.69, 9.17) is 4.74 Å². The van der Waals surface area contributed by atoms with Gasteiger partial charge in [0, 0.05) is 16.3 Å². The van der Waals surface area contributed by atoms with Crippen LogP contribution < -0.4 is 20.9 Å². The van der Waals surface area contributed by atoms with E-state index in [1.807, 2.05) is 13.0 Å². The van der Waals surface area contributed by atoms with Crippen LogP contribution in [0.2, 0.25) is 0 Å². The standard InChI is InChI=1S/C32H31NO12S2/c1-14-7-18-17(5-3-4-6-46(39,40)41)30(33-13-47(42,43)44)26-20(36)9-15(11-34)22-23-16(12-35)10-21(37)27-29(23)25(24(18)28(22)26)19(8-14)32(45-2)31(27)38/h7,9-10,33-35,38H,3-6,8,11-13H2,1-2H3,(H,39,40,41)(H,42,43,44). The Kier molecular flexibility index (Phi) is 8.05. The van der Waals surface area contributed by atoms with Crippen LogP contribution >= 0.6 is 0 Å². The van der Waals surface area contributed by atoms with Crippen molar-refractivity contribution in [1.29, 1.82) is 0 Å². The van der Waals surface area contributed by atoms with Gasteiger partial charge in [-0.25, -0.2) is 0 Å². The van der Waals surface area contributed by atoms with Gasteiger partial charge in [0.2, 0.25) is 0 Å². The van der Waals surface area contributed by atoms with E-state index >= 15 is 0 Å². The quantitative estimate of drug-likeness (QED) is 0.0510. The number of hydrogen-bond acceptors (Lipinski definition) is 11. The number of allylic oxidation sites excluding steroid dienone is 1. The maximum Gasteiger partial charge on any atom is 0.283 e. The molecule has 0 unspecified atom stereocenters. The summed E-state index contributed by atoms with van der Waals surface area (Å²) in [6.07, 6.45) is 2.32. The van der Waals surface area contributed by atoms with Crippen LogP contribution in [0.3, 0.4) is 0 Å². The Morgan fingerprint density at radius 3 is 1.96 bits per heavy atom. The number of fused-ring (bicyclic) bond motifs is 1. The van der Waals surface area contributed by atoms with Crippen molar-refractivity contribution in [3.05, 3.63) is 66.0 Å². The molecule has 0 bridgehead atoms. The molecular weight excluding hydrogens is 654 g/mol. The lowest BCUT2D eigenvalue weighted by molar-refractivity contribution is 0.282. The van der Waals surface area contributed by atoms with Crippen LogP contribution in [0.15, 0.2) is 27.3 Å². The molecule has 0 aliphatic heterocycles. The second kappa shape index (κ2) is 11.5. The number of methoxy groups -OCH3 is 1. The van der Waals surface area contributed by atoms with Gasteiger partial charge >= 0.3 is 0 Å². The number of phenols is 1. The summed E-state index contributed by atoms with van der Waals surface area (Å²) in [7, 11) is -7.56. The summed E-state index contributed by atoms with van der Waals surface area (Å²) in [5, 5.41) is 37.2.